The number of hydrogen-bond donors (Lipinski definition) is 1. The molecule has 1 fully saturated rings. The fraction of sp³-hybridized carbons (Fsp3) is 0.538. The predicted molar refractivity (Wildman–Crippen MR) is 70.6 cm³/mol. The molecule has 1 N–H and O–H groups in total. The molecule has 1 aliphatic rings. The van der Waals surface area contributed by atoms with Crippen molar-refractivity contribution in [1.82, 2.24) is 5.32 Å². The highest BCUT2D eigenvalue weighted by atomic mass is 35.5. The molecule has 17 heavy (non-hydrogen) atoms. The van der Waals surface area contributed by atoms with Gasteiger partial charge in [-0.05, 0) is 12.5 Å². The van der Waals surface area contributed by atoms with Gasteiger partial charge in [-0.1, -0.05) is 30.3 Å². The Morgan fingerprint density at radius 2 is 2.06 bits per heavy atom. The fourth-order valence-corrected chi connectivity index (χ4v) is 1.85. The molecule has 0 bridgehead atoms. The second-order valence-corrected chi connectivity index (χ2v) is 4.23. The van der Waals surface area contributed by atoms with E-state index in [1.54, 1.807) is 0 Å². The van der Waals surface area contributed by atoms with Crippen LogP contribution in [0.2, 0.25) is 0 Å². The van der Waals surface area contributed by atoms with Crippen molar-refractivity contribution >= 4 is 12.4 Å². The minimum atomic E-state index is 0. The molecule has 0 spiro atoms. The topological polar surface area (TPSA) is 30.5 Å². The lowest BCUT2D eigenvalue weighted by atomic mass is 10.2. The molecule has 0 unspecified atom stereocenters. The Balaban J connectivity index is 0.00000144. The van der Waals surface area contributed by atoms with Gasteiger partial charge in [-0.3, -0.25) is 0 Å². The summed E-state index contributed by atoms with van der Waals surface area (Å²) in [6.07, 6.45) is 0.478. The van der Waals surface area contributed by atoms with Crippen LogP contribution >= 0.6 is 12.4 Å². The van der Waals surface area contributed by atoms with Gasteiger partial charge in [0.25, 0.3) is 0 Å². The van der Waals surface area contributed by atoms with Crippen molar-refractivity contribution in [1.29, 1.82) is 0 Å². The van der Waals surface area contributed by atoms with E-state index in [2.05, 4.69) is 24.4 Å². The largest absolute Gasteiger partial charge is 0.374 e. The van der Waals surface area contributed by atoms with Crippen molar-refractivity contribution in [2.75, 3.05) is 19.7 Å². The Labute approximate surface area is 109 Å². The van der Waals surface area contributed by atoms with E-state index in [1.807, 2.05) is 18.2 Å². The van der Waals surface area contributed by atoms with Crippen LogP contribution in [-0.2, 0) is 16.1 Å². The van der Waals surface area contributed by atoms with Crippen LogP contribution in [0.5, 0.6) is 0 Å². The van der Waals surface area contributed by atoms with E-state index >= 15 is 0 Å². The van der Waals surface area contributed by atoms with Crippen molar-refractivity contribution in [2.45, 2.75) is 25.7 Å². The van der Waals surface area contributed by atoms with Crippen LogP contribution in [0.25, 0.3) is 0 Å². The summed E-state index contributed by atoms with van der Waals surface area (Å²) in [5.41, 5.74) is 1.21. The Bertz CT molecular complexity index is 308. The Morgan fingerprint density at radius 3 is 2.76 bits per heavy atom. The molecule has 1 aromatic rings. The average Bonchev–Trinajstić information content (AvgIpc) is 2.30. The van der Waals surface area contributed by atoms with Crippen molar-refractivity contribution in [3.63, 3.8) is 0 Å². The molecule has 4 heteroatoms. The van der Waals surface area contributed by atoms with Crippen LogP contribution in [0.4, 0.5) is 0 Å². The molecule has 0 aliphatic carbocycles. The minimum Gasteiger partial charge on any atom is -0.374 e. The molecular formula is C13H20ClNO2. The summed E-state index contributed by atoms with van der Waals surface area (Å²) in [6.45, 7) is 5.23. The van der Waals surface area contributed by atoms with Gasteiger partial charge >= 0.3 is 0 Å². The molecule has 0 aromatic heterocycles. The Hall–Kier alpha value is -0.610. The molecular weight excluding hydrogens is 238 g/mol. The number of morpholine rings is 1. The van der Waals surface area contributed by atoms with Crippen molar-refractivity contribution < 1.29 is 9.47 Å². The average molecular weight is 258 g/mol. The molecule has 96 valence electrons. The third kappa shape index (κ3) is 5.04. The maximum Gasteiger partial charge on any atom is 0.0936 e. The number of rotatable bonds is 4. The zero-order chi connectivity index (χ0) is 11.2. The highest BCUT2D eigenvalue weighted by Gasteiger charge is 2.18. The minimum absolute atomic E-state index is 0. The first kappa shape index (κ1) is 14.5. The second-order valence-electron chi connectivity index (χ2n) is 4.23. The van der Waals surface area contributed by atoms with E-state index < -0.39 is 0 Å². The van der Waals surface area contributed by atoms with E-state index in [1.165, 1.54) is 5.56 Å². The third-order valence-corrected chi connectivity index (χ3v) is 2.64. The van der Waals surface area contributed by atoms with Crippen LogP contribution < -0.4 is 5.32 Å². The molecule has 2 rings (SSSR count). The lowest BCUT2D eigenvalue weighted by Crippen LogP contribution is -2.45. The summed E-state index contributed by atoms with van der Waals surface area (Å²) in [4.78, 5) is 0. The van der Waals surface area contributed by atoms with Gasteiger partial charge in [-0.2, -0.15) is 0 Å². The number of halogens is 1. The normalized spacial score (nSPS) is 24.1. The zero-order valence-corrected chi connectivity index (χ0v) is 10.9. The van der Waals surface area contributed by atoms with Gasteiger partial charge in [0.15, 0.2) is 0 Å². The van der Waals surface area contributed by atoms with Crippen LogP contribution in [-0.4, -0.2) is 31.9 Å². The zero-order valence-electron chi connectivity index (χ0n) is 10.1. The number of nitrogens with one attached hydrogen (secondary N) is 1. The second kappa shape index (κ2) is 7.67. The predicted octanol–water partition coefficient (Wildman–Crippen LogP) is 2.00. The van der Waals surface area contributed by atoms with E-state index in [-0.39, 0.29) is 18.5 Å². The Kier molecular flexibility index (Phi) is 6.52. The van der Waals surface area contributed by atoms with E-state index in [9.17, 15) is 0 Å². The molecule has 3 nitrogen and oxygen atoms in total. The van der Waals surface area contributed by atoms with Gasteiger partial charge in [-0.15, -0.1) is 12.4 Å². The summed E-state index contributed by atoms with van der Waals surface area (Å²) in [5.74, 6) is 0. The molecule has 0 radical (unpaired) electrons. The van der Waals surface area contributed by atoms with Gasteiger partial charge < -0.3 is 14.8 Å². The molecule has 0 saturated carbocycles. The quantitative estimate of drug-likeness (QED) is 0.895. The van der Waals surface area contributed by atoms with Crippen LogP contribution in [0.15, 0.2) is 30.3 Å². The molecule has 1 aromatic carbocycles. The molecule has 0 amide bonds. The SMILES string of the molecule is C[C@@H]1CNC[C@H](COCc2ccccc2)O1.Cl. The number of ether oxygens (including phenoxy) is 2. The number of hydrogen-bond acceptors (Lipinski definition) is 3. The third-order valence-electron chi connectivity index (χ3n) is 2.64. The van der Waals surface area contributed by atoms with Gasteiger partial charge in [-0.25, -0.2) is 0 Å². The van der Waals surface area contributed by atoms with E-state index in [0.29, 0.717) is 19.3 Å². The van der Waals surface area contributed by atoms with E-state index in [4.69, 9.17) is 9.47 Å². The van der Waals surface area contributed by atoms with Crippen molar-refractivity contribution in [3.05, 3.63) is 35.9 Å². The van der Waals surface area contributed by atoms with Gasteiger partial charge in [0.1, 0.15) is 0 Å². The van der Waals surface area contributed by atoms with Gasteiger partial charge in [0, 0.05) is 13.1 Å². The Morgan fingerprint density at radius 1 is 1.29 bits per heavy atom. The fourth-order valence-electron chi connectivity index (χ4n) is 1.85. The summed E-state index contributed by atoms with van der Waals surface area (Å²) >= 11 is 0. The molecule has 1 aliphatic heterocycles. The summed E-state index contributed by atoms with van der Waals surface area (Å²) in [5, 5.41) is 3.33. The highest BCUT2D eigenvalue weighted by molar-refractivity contribution is 5.85. The van der Waals surface area contributed by atoms with Gasteiger partial charge in [0.2, 0.25) is 0 Å². The molecule has 1 heterocycles. The first-order valence-corrected chi connectivity index (χ1v) is 5.82. The van der Waals surface area contributed by atoms with E-state index in [0.717, 1.165) is 13.1 Å². The lowest BCUT2D eigenvalue weighted by molar-refractivity contribution is -0.0716. The standard InChI is InChI=1S/C13H19NO2.ClH/c1-11-7-14-8-13(16-11)10-15-9-12-5-3-2-4-6-12;/h2-6,11,13-14H,7-10H2,1H3;1H/t11-,13-;/m1./s1. The van der Waals surface area contributed by atoms with Crippen LogP contribution in [0.1, 0.15) is 12.5 Å². The monoisotopic (exact) mass is 257 g/mol. The summed E-state index contributed by atoms with van der Waals surface area (Å²) < 4.78 is 11.4. The summed E-state index contributed by atoms with van der Waals surface area (Å²) in [7, 11) is 0. The van der Waals surface area contributed by atoms with Crippen molar-refractivity contribution in [3.8, 4) is 0 Å². The van der Waals surface area contributed by atoms with Gasteiger partial charge in [0.05, 0.1) is 25.4 Å². The highest BCUT2D eigenvalue weighted by Crippen LogP contribution is 2.06. The molecule has 2 atom stereocenters. The van der Waals surface area contributed by atoms with Crippen LogP contribution in [0, 0.1) is 0 Å². The maximum absolute atomic E-state index is 5.74. The first-order chi connectivity index (χ1) is 7.84. The van der Waals surface area contributed by atoms with Crippen molar-refractivity contribution in [2.24, 2.45) is 0 Å². The lowest BCUT2D eigenvalue weighted by Gasteiger charge is -2.28. The van der Waals surface area contributed by atoms with Crippen LogP contribution in [0.3, 0.4) is 0 Å². The smallest absolute Gasteiger partial charge is 0.0936 e. The summed E-state index contributed by atoms with van der Waals surface area (Å²) in [6, 6.07) is 10.2. The number of benzene rings is 1. The maximum atomic E-state index is 5.74. The molecule has 1 saturated heterocycles. The first-order valence-electron chi connectivity index (χ1n) is 5.82.